The van der Waals surface area contributed by atoms with Crippen LogP contribution in [-0.4, -0.2) is 41.3 Å². The minimum Gasteiger partial charge on any atom is -0.324 e. The summed E-state index contributed by atoms with van der Waals surface area (Å²) in [4.78, 5) is 16.8. The van der Waals surface area contributed by atoms with Crippen LogP contribution < -0.4 is 5.32 Å². The van der Waals surface area contributed by atoms with Gasteiger partial charge in [0.1, 0.15) is 6.54 Å². The lowest BCUT2D eigenvalue weighted by Gasteiger charge is -2.18. The summed E-state index contributed by atoms with van der Waals surface area (Å²) in [5.74, 6) is -0.254. The molecular weight excluding hydrogens is 364 g/mol. The van der Waals surface area contributed by atoms with Gasteiger partial charge in [-0.25, -0.2) is 13.4 Å². The van der Waals surface area contributed by atoms with E-state index in [1.165, 1.54) is 16.4 Å². The summed E-state index contributed by atoms with van der Waals surface area (Å²) in [5, 5.41) is 2.76. The Kier molecular flexibility index (Phi) is 5.57. The fraction of sp³-hybridized carbons (Fsp3) is 0.263. The third-order valence-electron chi connectivity index (χ3n) is 4.30. The molecule has 3 rings (SSSR count). The van der Waals surface area contributed by atoms with Gasteiger partial charge in [0.2, 0.25) is 15.9 Å². The molecule has 0 atom stereocenters. The second-order valence-corrected chi connectivity index (χ2v) is 7.96. The highest BCUT2D eigenvalue weighted by atomic mass is 32.2. The number of rotatable bonds is 7. The Balaban J connectivity index is 1.77. The van der Waals surface area contributed by atoms with E-state index in [2.05, 4.69) is 10.3 Å². The molecule has 1 heterocycles. The third kappa shape index (κ3) is 4.01. The number of hydrogen-bond acceptors (Lipinski definition) is 4. The van der Waals surface area contributed by atoms with Crippen molar-refractivity contribution in [3.63, 3.8) is 0 Å². The van der Waals surface area contributed by atoms with Gasteiger partial charge in [0.15, 0.2) is 0 Å². The molecule has 0 bridgehead atoms. The first-order valence-corrected chi connectivity index (χ1v) is 10.2. The highest BCUT2D eigenvalue weighted by Crippen LogP contribution is 2.20. The number of carbonyl (C=O) groups is 1. The van der Waals surface area contributed by atoms with Crippen LogP contribution in [0.15, 0.2) is 59.8 Å². The van der Waals surface area contributed by atoms with Crippen LogP contribution in [0.2, 0.25) is 0 Å². The average molecular weight is 386 g/mol. The molecule has 1 aromatic heterocycles. The van der Waals surface area contributed by atoms with Gasteiger partial charge in [0, 0.05) is 18.8 Å². The van der Waals surface area contributed by atoms with Gasteiger partial charge in [0.05, 0.1) is 22.3 Å². The van der Waals surface area contributed by atoms with E-state index in [1.54, 1.807) is 36.9 Å². The largest absolute Gasteiger partial charge is 0.324 e. The molecule has 0 saturated heterocycles. The number of carbonyl (C=O) groups excluding carboxylic acids is 1. The Labute approximate surface area is 158 Å². The van der Waals surface area contributed by atoms with Gasteiger partial charge in [-0.15, -0.1) is 0 Å². The molecule has 3 aromatic rings. The number of fused-ring (bicyclic) bond motifs is 1. The zero-order valence-corrected chi connectivity index (χ0v) is 16.1. The monoisotopic (exact) mass is 386 g/mol. The minimum atomic E-state index is -3.57. The molecule has 1 N–H and O–H groups in total. The Hall–Kier alpha value is -2.71. The quantitative estimate of drug-likeness (QED) is 0.677. The summed E-state index contributed by atoms with van der Waals surface area (Å²) in [6.07, 6.45) is 1.62. The van der Waals surface area contributed by atoms with Crippen LogP contribution in [0.25, 0.3) is 11.0 Å². The van der Waals surface area contributed by atoms with Gasteiger partial charge < -0.3 is 9.88 Å². The summed E-state index contributed by atoms with van der Waals surface area (Å²) in [6, 6.07) is 13.9. The topological polar surface area (TPSA) is 84.3 Å². The number of nitrogens with one attached hydrogen (secondary N) is 1. The summed E-state index contributed by atoms with van der Waals surface area (Å²) in [6.45, 7) is 4.46. The van der Waals surface area contributed by atoms with Gasteiger partial charge in [-0.05, 0) is 30.3 Å². The maximum absolute atomic E-state index is 12.6. The molecule has 0 saturated carbocycles. The van der Waals surface area contributed by atoms with E-state index < -0.39 is 10.0 Å². The van der Waals surface area contributed by atoms with Gasteiger partial charge >= 0.3 is 0 Å². The fourth-order valence-corrected chi connectivity index (χ4v) is 4.44. The first-order valence-electron chi connectivity index (χ1n) is 8.75. The molecule has 0 aliphatic rings. The molecule has 0 fully saturated rings. The highest BCUT2D eigenvalue weighted by molar-refractivity contribution is 7.89. The lowest BCUT2D eigenvalue weighted by molar-refractivity contribution is -0.116. The zero-order valence-electron chi connectivity index (χ0n) is 15.3. The Bertz CT molecular complexity index is 1060. The van der Waals surface area contributed by atoms with E-state index in [4.69, 9.17) is 0 Å². The van der Waals surface area contributed by atoms with Crippen LogP contribution in [0.1, 0.15) is 13.8 Å². The molecule has 8 heteroatoms. The summed E-state index contributed by atoms with van der Waals surface area (Å²) in [7, 11) is -3.57. The van der Waals surface area contributed by atoms with Crippen molar-refractivity contribution in [3.8, 4) is 0 Å². The first kappa shape index (κ1) is 19.1. The summed E-state index contributed by atoms with van der Waals surface area (Å²) < 4.78 is 28.4. The Morgan fingerprint density at radius 3 is 2.59 bits per heavy atom. The van der Waals surface area contributed by atoms with Gasteiger partial charge in [-0.1, -0.05) is 32.0 Å². The number of para-hydroxylation sites is 2. The molecule has 0 aliphatic carbocycles. The van der Waals surface area contributed by atoms with E-state index in [0.717, 1.165) is 11.0 Å². The molecule has 0 unspecified atom stereocenters. The molecule has 1 amide bonds. The van der Waals surface area contributed by atoms with Gasteiger partial charge in [0.25, 0.3) is 0 Å². The molecule has 2 aromatic carbocycles. The fourth-order valence-electron chi connectivity index (χ4n) is 2.94. The van der Waals surface area contributed by atoms with E-state index in [1.807, 2.05) is 24.3 Å². The Morgan fingerprint density at radius 1 is 1.11 bits per heavy atom. The van der Waals surface area contributed by atoms with E-state index >= 15 is 0 Å². The SMILES string of the molecule is CCN(CC)S(=O)(=O)c1cccc(NC(=O)Cn2cnc3ccccc32)c1. The van der Waals surface area contributed by atoms with Crippen molar-refractivity contribution in [2.24, 2.45) is 0 Å². The summed E-state index contributed by atoms with van der Waals surface area (Å²) >= 11 is 0. The predicted molar refractivity (Wildman–Crippen MR) is 105 cm³/mol. The van der Waals surface area contributed by atoms with Gasteiger partial charge in [-0.3, -0.25) is 4.79 Å². The molecular formula is C19H22N4O3S. The van der Waals surface area contributed by atoms with Gasteiger partial charge in [-0.2, -0.15) is 4.31 Å². The number of sulfonamides is 1. The predicted octanol–water partition coefficient (Wildman–Crippen LogP) is 2.71. The standard InChI is InChI=1S/C19H22N4O3S/c1-3-23(4-2)27(25,26)16-9-7-8-15(12-16)21-19(24)13-22-14-20-17-10-5-6-11-18(17)22/h5-12,14H,3-4,13H2,1-2H3,(H,21,24). The molecule has 0 spiro atoms. The average Bonchev–Trinajstić information content (AvgIpc) is 3.05. The van der Waals surface area contributed by atoms with Crippen LogP contribution in [0.3, 0.4) is 0 Å². The van der Waals surface area contributed by atoms with Crippen molar-refractivity contribution in [2.75, 3.05) is 18.4 Å². The maximum Gasteiger partial charge on any atom is 0.244 e. The molecule has 0 radical (unpaired) electrons. The van der Waals surface area contributed by atoms with Crippen LogP contribution in [0.4, 0.5) is 5.69 Å². The first-order chi connectivity index (χ1) is 13.0. The number of anilines is 1. The number of imidazole rings is 1. The molecule has 7 nitrogen and oxygen atoms in total. The van der Waals surface area contributed by atoms with Crippen molar-refractivity contribution < 1.29 is 13.2 Å². The lowest BCUT2D eigenvalue weighted by Crippen LogP contribution is -2.30. The number of amides is 1. The smallest absolute Gasteiger partial charge is 0.244 e. The zero-order chi connectivity index (χ0) is 19.4. The minimum absolute atomic E-state index is 0.0908. The number of aromatic nitrogens is 2. The van der Waals surface area contributed by atoms with Crippen molar-refractivity contribution in [2.45, 2.75) is 25.3 Å². The molecule has 0 aliphatic heterocycles. The lowest BCUT2D eigenvalue weighted by atomic mass is 10.3. The van der Waals surface area contributed by atoms with Crippen molar-refractivity contribution in [1.29, 1.82) is 0 Å². The van der Waals surface area contributed by atoms with E-state index in [9.17, 15) is 13.2 Å². The van der Waals surface area contributed by atoms with Crippen LogP contribution in [-0.2, 0) is 21.4 Å². The second-order valence-electron chi connectivity index (χ2n) is 6.03. The molecule has 27 heavy (non-hydrogen) atoms. The van der Waals surface area contributed by atoms with Crippen molar-refractivity contribution >= 4 is 32.7 Å². The second kappa shape index (κ2) is 7.89. The van der Waals surface area contributed by atoms with Crippen molar-refractivity contribution in [1.82, 2.24) is 13.9 Å². The highest BCUT2D eigenvalue weighted by Gasteiger charge is 2.21. The Morgan fingerprint density at radius 2 is 1.85 bits per heavy atom. The maximum atomic E-state index is 12.6. The van der Waals surface area contributed by atoms with E-state index in [0.29, 0.717) is 18.8 Å². The third-order valence-corrected chi connectivity index (χ3v) is 6.35. The molecule has 142 valence electrons. The van der Waals surface area contributed by atoms with E-state index in [-0.39, 0.29) is 17.3 Å². The normalized spacial score (nSPS) is 11.8. The van der Waals surface area contributed by atoms with Crippen LogP contribution in [0.5, 0.6) is 0 Å². The van der Waals surface area contributed by atoms with Crippen molar-refractivity contribution in [3.05, 3.63) is 54.9 Å². The number of hydrogen-bond donors (Lipinski definition) is 1. The number of nitrogens with zero attached hydrogens (tertiary/aromatic N) is 3. The number of benzene rings is 2. The van der Waals surface area contributed by atoms with Crippen LogP contribution in [0, 0.1) is 0 Å². The summed E-state index contributed by atoms with van der Waals surface area (Å²) in [5.41, 5.74) is 2.13. The van der Waals surface area contributed by atoms with Crippen LogP contribution >= 0.6 is 0 Å².